The molecule has 1 heterocycles. The van der Waals surface area contributed by atoms with E-state index in [-0.39, 0.29) is 17.7 Å². The molecule has 0 unspecified atom stereocenters. The van der Waals surface area contributed by atoms with Gasteiger partial charge in [0.2, 0.25) is 0 Å². The third-order valence-electron chi connectivity index (χ3n) is 2.78. The molecule has 0 spiro atoms. The minimum Gasteiger partial charge on any atom is -0.459 e. The number of hydrogen-bond acceptors (Lipinski definition) is 3. The average molecular weight is 322 g/mol. The predicted octanol–water partition coefficient (Wildman–Crippen LogP) is 2.16. The van der Waals surface area contributed by atoms with Gasteiger partial charge in [-0.1, -0.05) is 23.7 Å². The molecule has 3 N–H and O–H groups in total. The third kappa shape index (κ3) is 5.14. The highest BCUT2D eigenvalue weighted by molar-refractivity contribution is 6.30. The number of hydrogen-bond donors (Lipinski definition) is 3. The summed E-state index contributed by atoms with van der Waals surface area (Å²) in [6, 6.07) is 10.1. The zero-order chi connectivity index (χ0) is 15.8. The average Bonchev–Trinajstić information content (AvgIpc) is 3.04. The van der Waals surface area contributed by atoms with Crippen LogP contribution in [0.3, 0.4) is 0 Å². The van der Waals surface area contributed by atoms with Gasteiger partial charge in [0.25, 0.3) is 5.91 Å². The van der Waals surface area contributed by atoms with Gasteiger partial charge in [0.15, 0.2) is 5.76 Å². The summed E-state index contributed by atoms with van der Waals surface area (Å²) in [6.07, 6.45) is 1.43. The number of nitrogens with one attached hydrogen (secondary N) is 3. The van der Waals surface area contributed by atoms with Gasteiger partial charge in [-0.2, -0.15) is 0 Å². The molecule has 0 aliphatic heterocycles. The van der Waals surface area contributed by atoms with Crippen molar-refractivity contribution in [3.8, 4) is 0 Å². The Labute approximate surface area is 132 Å². The molecular weight excluding hydrogens is 306 g/mol. The lowest BCUT2D eigenvalue weighted by Crippen LogP contribution is -2.39. The van der Waals surface area contributed by atoms with Crippen LogP contribution in [-0.2, 0) is 6.54 Å². The number of carbonyl (C=O) groups excluding carboxylic acids is 2. The Morgan fingerprint density at radius 3 is 2.59 bits per heavy atom. The van der Waals surface area contributed by atoms with Crippen LogP contribution in [0.25, 0.3) is 0 Å². The molecule has 7 heteroatoms. The van der Waals surface area contributed by atoms with Gasteiger partial charge in [-0.3, -0.25) is 4.79 Å². The maximum atomic E-state index is 11.6. The largest absolute Gasteiger partial charge is 0.459 e. The molecule has 0 saturated heterocycles. The van der Waals surface area contributed by atoms with Crippen LogP contribution < -0.4 is 16.0 Å². The quantitative estimate of drug-likeness (QED) is 0.713. The number of carbonyl (C=O) groups is 2. The standard InChI is InChI=1S/C15H16ClN3O3/c16-12-4-1-3-11(9-12)10-19-15(21)18-7-6-17-14(20)13-5-2-8-22-13/h1-5,8-9H,6-7,10H2,(H,17,20)(H2,18,19,21). The Morgan fingerprint density at radius 1 is 1.05 bits per heavy atom. The SMILES string of the molecule is O=C(NCCNC(=O)c1ccco1)NCc1cccc(Cl)c1. The number of rotatable bonds is 6. The zero-order valence-electron chi connectivity index (χ0n) is 11.8. The molecular formula is C15H16ClN3O3. The molecule has 2 rings (SSSR count). The van der Waals surface area contributed by atoms with E-state index < -0.39 is 0 Å². The van der Waals surface area contributed by atoms with E-state index >= 15 is 0 Å². The Bertz CT molecular complexity index is 629. The van der Waals surface area contributed by atoms with Crippen molar-refractivity contribution in [2.45, 2.75) is 6.54 Å². The zero-order valence-corrected chi connectivity index (χ0v) is 12.5. The third-order valence-corrected chi connectivity index (χ3v) is 3.02. The normalized spacial score (nSPS) is 10.0. The highest BCUT2D eigenvalue weighted by Crippen LogP contribution is 2.10. The molecule has 0 bridgehead atoms. The van der Waals surface area contributed by atoms with Crippen LogP contribution in [0, 0.1) is 0 Å². The lowest BCUT2D eigenvalue weighted by molar-refractivity contribution is 0.0926. The second-order valence-electron chi connectivity index (χ2n) is 4.47. The first kappa shape index (κ1) is 15.9. The summed E-state index contributed by atoms with van der Waals surface area (Å²) < 4.78 is 4.95. The maximum Gasteiger partial charge on any atom is 0.315 e. The Balaban J connectivity index is 1.61. The lowest BCUT2D eigenvalue weighted by atomic mass is 10.2. The van der Waals surface area contributed by atoms with E-state index in [0.717, 1.165) is 5.56 Å². The molecule has 0 radical (unpaired) electrons. The van der Waals surface area contributed by atoms with Crippen LogP contribution in [0.2, 0.25) is 5.02 Å². The second kappa shape index (κ2) is 8.09. The van der Waals surface area contributed by atoms with Gasteiger partial charge in [-0.15, -0.1) is 0 Å². The molecule has 2 aromatic rings. The minimum atomic E-state index is -0.314. The summed E-state index contributed by atoms with van der Waals surface area (Å²) in [5.74, 6) is -0.0726. The van der Waals surface area contributed by atoms with E-state index in [1.807, 2.05) is 12.1 Å². The van der Waals surface area contributed by atoms with Crippen LogP contribution >= 0.6 is 11.6 Å². The highest BCUT2D eigenvalue weighted by atomic mass is 35.5. The van der Waals surface area contributed by atoms with E-state index in [0.29, 0.717) is 24.7 Å². The van der Waals surface area contributed by atoms with E-state index in [4.69, 9.17) is 16.0 Å². The summed E-state index contributed by atoms with van der Waals surface area (Å²) in [5.41, 5.74) is 0.911. The number of benzene rings is 1. The van der Waals surface area contributed by atoms with E-state index in [1.54, 1.807) is 24.3 Å². The van der Waals surface area contributed by atoms with E-state index in [2.05, 4.69) is 16.0 Å². The first-order chi connectivity index (χ1) is 10.6. The van der Waals surface area contributed by atoms with Gasteiger partial charge in [-0.25, -0.2) is 4.79 Å². The van der Waals surface area contributed by atoms with Crippen LogP contribution in [-0.4, -0.2) is 25.0 Å². The monoisotopic (exact) mass is 321 g/mol. The maximum absolute atomic E-state index is 11.6. The van der Waals surface area contributed by atoms with Crippen LogP contribution in [0.1, 0.15) is 16.1 Å². The van der Waals surface area contributed by atoms with Crippen LogP contribution in [0.4, 0.5) is 4.79 Å². The van der Waals surface area contributed by atoms with Crippen molar-refractivity contribution in [2.75, 3.05) is 13.1 Å². The summed E-state index contributed by atoms with van der Waals surface area (Å²) in [6.45, 7) is 1.00. The fourth-order valence-electron chi connectivity index (χ4n) is 1.74. The molecule has 0 atom stereocenters. The molecule has 1 aromatic carbocycles. The molecule has 116 valence electrons. The summed E-state index contributed by atoms with van der Waals surface area (Å²) in [5, 5.41) is 8.60. The summed E-state index contributed by atoms with van der Waals surface area (Å²) >= 11 is 5.86. The Kier molecular flexibility index (Phi) is 5.85. The molecule has 0 fully saturated rings. The Morgan fingerprint density at radius 2 is 1.86 bits per heavy atom. The number of urea groups is 1. The smallest absolute Gasteiger partial charge is 0.315 e. The van der Waals surface area contributed by atoms with E-state index in [9.17, 15) is 9.59 Å². The predicted molar refractivity (Wildman–Crippen MR) is 82.7 cm³/mol. The van der Waals surface area contributed by atoms with Gasteiger partial charge >= 0.3 is 6.03 Å². The first-order valence-corrected chi connectivity index (χ1v) is 7.11. The van der Waals surface area contributed by atoms with Crippen molar-refractivity contribution < 1.29 is 14.0 Å². The summed E-state index contributed by atoms with van der Waals surface area (Å²) in [4.78, 5) is 23.1. The van der Waals surface area contributed by atoms with Crippen molar-refractivity contribution in [1.82, 2.24) is 16.0 Å². The van der Waals surface area contributed by atoms with Crippen molar-refractivity contribution in [3.05, 3.63) is 59.0 Å². The minimum absolute atomic E-state index is 0.241. The van der Waals surface area contributed by atoms with E-state index in [1.165, 1.54) is 6.26 Å². The lowest BCUT2D eigenvalue weighted by Gasteiger charge is -2.08. The molecule has 0 saturated carbocycles. The van der Waals surface area contributed by atoms with Crippen LogP contribution in [0.5, 0.6) is 0 Å². The Hall–Kier alpha value is -2.47. The molecule has 0 aliphatic carbocycles. The molecule has 1 aromatic heterocycles. The van der Waals surface area contributed by atoms with Gasteiger partial charge < -0.3 is 20.4 Å². The molecule has 3 amide bonds. The first-order valence-electron chi connectivity index (χ1n) is 6.73. The van der Waals surface area contributed by atoms with Gasteiger partial charge in [0, 0.05) is 24.7 Å². The fourth-order valence-corrected chi connectivity index (χ4v) is 1.95. The van der Waals surface area contributed by atoms with Crippen molar-refractivity contribution in [3.63, 3.8) is 0 Å². The van der Waals surface area contributed by atoms with Gasteiger partial charge in [-0.05, 0) is 29.8 Å². The molecule has 6 nitrogen and oxygen atoms in total. The van der Waals surface area contributed by atoms with Crippen molar-refractivity contribution in [1.29, 1.82) is 0 Å². The number of halogens is 1. The highest BCUT2D eigenvalue weighted by Gasteiger charge is 2.07. The second-order valence-corrected chi connectivity index (χ2v) is 4.91. The topological polar surface area (TPSA) is 83.4 Å². The van der Waals surface area contributed by atoms with Crippen molar-refractivity contribution >= 4 is 23.5 Å². The fraction of sp³-hybridized carbons (Fsp3) is 0.200. The van der Waals surface area contributed by atoms with Crippen molar-refractivity contribution in [2.24, 2.45) is 0 Å². The van der Waals surface area contributed by atoms with Gasteiger partial charge in [0.05, 0.1) is 6.26 Å². The van der Waals surface area contributed by atoms with Gasteiger partial charge in [0.1, 0.15) is 0 Å². The molecule has 0 aliphatic rings. The number of furan rings is 1. The molecule has 22 heavy (non-hydrogen) atoms. The number of amides is 3. The van der Waals surface area contributed by atoms with Crippen LogP contribution in [0.15, 0.2) is 47.1 Å². The summed E-state index contributed by atoms with van der Waals surface area (Å²) in [7, 11) is 0.